The standard InChI is InChI=1S/C21H21Cl2N5O3S/c1-12(2)18(24-20(29)16-9-6-14(22)10-17(16)23)19-25-26-21(27(19)3)32-11-13-4-7-15(8-5-13)28(30)31/h4-10,12,18H,11H2,1-3H3,(H,24,29)/t18-/m0/s1. The van der Waals surface area contributed by atoms with Crippen LogP contribution in [0.4, 0.5) is 5.69 Å². The summed E-state index contributed by atoms with van der Waals surface area (Å²) in [6.45, 7) is 3.96. The normalized spacial score (nSPS) is 12.1. The van der Waals surface area contributed by atoms with E-state index in [2.05, 4.69) is 15.5 Å². The number of nitrogens with zero attached hydrogens (tertiary/aromatic N) is 4. The zero-order valence-corrected chi connectivity index (χ0v) is 19.9. The van der Waals surface area contributed by atoms with Crippen molar-refractivity contribution >= 4 is 46.6 Å². The average Bonchev–Trinajstić information content (AvgIpc) is 3.10. The van der Waals surface area contributed by atoms with Gasteiger partial charge in [-0.15, -0.1) is 10.2 Å². The number of carbonyl (C=O) groups excluding carboxylic acids is 1. The van der Waals surface area contributed by atoms with Crippen LogP contribution in [0.15, 0.2) is 47.6 Å². The molecular weight excluding hydrogens is 473 g/mol. The first-order chi connectivity index (χ1) is 15.2. The number of hydrogen-bond acceptors (Lipinski definition) is 6. The highest BCUT2D eigenvalue weighted by Crippen LogP contribution is 2.28. The van der Waals surface area contributed by atoms with Crippen LogP contribution in [0.1, 0.15) is 41.6 Å². The number of nitro benzene ring substituents is 1. The van der Waals surface area contributed by atoms with E-state index < -0.39 is 4.92 Å². The molecule has 0 bridgehead atoms. The molecule has 0 fully saturated rings. The van der Waals surface area contributed by atoms with Crippen LogP contribution in [0.5, 0.6) is 0 Å². The number of halogens is 2. The number of non-ortho nitro benzene ring substituents is 1. The molecule has 0 aliphatic carbocycles. The molecule has 2 aromatic carbocycles. The first-order valence-electron chi connectivity index (χ1n) is 9.68. The van der Waals surface area contributed by atoms with Gasteiger partial charge in [-0.2, -0.15) is 0 Å². The smallest absolute Gasteiger partial charge is 0.269 e. The first kappa shape index (κ1) is 24.0. The van der Waals surface area contributed by atoms with Crippen LogP contribution in [0.2, 0.25) is 10.0 Å². The highest BCUT2D eigenvalue weighted by atomic mass is 35.5. The Morgan fingerprint density at radius 3 is 2.47 bits per heavy atom. The molecule has 11 heteroatoms. The lowest BCUT2D eigenvalue weighted by molar-refractivity contribution is -0.384. The molecule has 168 valence electrons. The molecule has 8 nitrogen and oxygen atoms in total. The molecule has 0 saturated carbocycles. The second kappa shape index (κ2) is 10.3. The van der Waals surface area contributed by atoms with E-state index in [4.69, 9.17) is 23.2 Å². The van der Waals surface area contributed by atoms with E-state index in [9.17, 15) is 14.9 Å². The third kappa shape index (κ3) is 5.59. The third-order valence-electron chi connectivity index (χ3n) is 4.79. The van der Waals surface area contributed by atoms with Crippen molar-refractivity contribution < 1.29 is 9.72 Å². The summed E-state index contributed by atoms with van der Waals surface area (Å²) in [6.07, 6.45) is 0. The van der Waals surface area contributed by atoms with Gasteiger partial charge in [0.2, 0.25) is 0 Å². The van der Waals surface area contributed by atoms with Crippen molar-refractivity contribution in [3.63, 3.8) is 0 Å². The van der Waals surface area contributed by atoms with E-state index in [-0.39, 0.29) is 28.6 Å². The van der Waals surface area contributed by atoms with Gasteiger partial charge >= 0.3 is 0 Å². The number of aromatic nitrogens is 3. The lowest BCUT2D eigenvalue weighted by Gasteiger charge is -2.22. The van der Waals surface area contributed by atoms with Crippen LogP contribution in [-0.2, 0) is 12.8 Å². The molecular formula is C21H21Cl2N5O3S. The maximum Gasteiger partial charge on any atom is 0.269 e. The Balaban J connectivity index is 1.74. The average molecular weight is 494 g/mol. The lowest BCUT2D eigenvalue weighted by Crippen LogP contribution is -2.33. The molecule has 0 unspecified atom stereocenters. The number of nitro groups is 1. The molecule has 1 atom stereocenters. The topological polar surface area (TPSA) is 103 Å². The van der Waals surface area contributed by atoms with Gasteiger partial charge in [-0.1, -0.05) is 60.9 Å². The zero-order chi connectivity index (χ0) is 23.4. The molecule has 32 heavy (non-hydrogen) atoms. The van der Waals surface area contributed by atoms with Crippen molar-refractivity contribution in [2.45, 2.75) is 30.8 Å². The Hall–Kier alpha value is -2.62. The Morgan fingerprint density at radius 2 is 1.88 bits per heavy atom. The SMILES string of the molecule is CC(C)[C@H](NC(=O)c1ccc(Cl)cc1Cl)c1nnc(SCc2ccc([N+](=O)[O-])cc2)n1C. The molecule has 0 saturated heterocycles. The van der Waals surface area contributed by atoms with Gasteiger partial charge in [-0.25, -0.2) is 0 Å². The molecule has 0 aliphatic heterocycles. The van der Waals surface area contributed by atoms with E-state index in [0.717, 1.165) is 5.56 Å². The molecule has 1 amide bonds. The van der Waals surface area contributed by atoms with Gasteiger partial charge in [0.25, 0.3) is 11.6 Å². The minimum atomic E-state index is -0.427. The van der Waals surface area contributed by atoms with E-state index in [1.54, 1.807) is 24.3 Å². The fourth-order valence-corrected chi connectivity index (χ4v) is 4.37. The van der Waals surface area contributed by atoms with Crippen LogP contribution in [0, 0.1) is 16.0 Å². The van der Waals surface area contributed by atoms with Gasteiger partial charge in [-0.3, -0.25) is 14.9 Å². The number of hydrogen-bond donors (Lipinski definition) is 1. The number of nitrogens with one attached hydrogen (secondary N) is 1. The van der Waals surface area contributed by atoms with Crippen LogP contribution in [-0.4, -0.2) is 25.6 Å². The molecule has 3 aromatic rings. The van der Waals surface area contributed by atoms with Crippen molar-refractivity contribution in [1.29, 1.82) is 0 Å². The third-order valence-corrected chi connectivity index (χ3v) is 6.43. The summed E-state index contributed by atoms with van der Waals surface area (Å²) >= 11 is 13.6. The second-order valence-electron chi connectivity index (χ2n) is 7.43. The Kier molecular flexibility index (Phi) is 7.76. The van der Waals surface area contributed by atoms with Crippen molar-refractivity contribution in [1.82, 2.24) is 20.1 Å². The van der Waals surface area contributed by atoms with Gasteiger partial charge in [0.1, 0.15) is 0 Å². The van der Waals surface area contributed by atoms with Crippen molar-refractivity contribution in [3.05, 3.63) is 79.6 Å². The van der Waals surface area contributed by atoms with E-state index in [1.807, 2.05) is 25.5 Å². The molecule has 0 spiro atoms. The van der Waals surface area contributed by atoms with Crippen molar-refractivity contribution in [3.8, 4) is 0 Å². The van der Waals surface area contributed by atoms with Gasteiger partial charge in [-0.05, 0) is 29.7 Å². The van der Waals surface area contributed by atoms with Crippen molar-refractivity contribution in [2.75, 3.05) is 0 Å². The van der Waals surface area contributed by atoms with Crippen LogP contribution >= 0.6 is 35.0 Å². The molecule has 0 aliphatic rings. The quantitative estimate of drug-likeness (QED) is 0.254. The predicted molar refractivity (Wildman–Crippen MR) is 125 cm³/mol. The number of carbonyl (C=O) groups is 1. The summed E-state index contributed by atoms with van der Waals surface area (Å²) in [5.41, 5.74) is 1.31. The van der Waals surface area contributed by atoms with E-state index in [0.29, 0.717) is 27.3 Å². The first-order valence-corrected chi connectivity index (χ1v) is 11.4. The Morgan fingerprint density at radius 1 is 1.19 bits per heavy atom. The summed E-state index contributed by atoms with van der Waals surface area (Å²) in [5, 5.41) is 23.7. The second-order valence-corrected chi connectivity index (χ2v) is 9.22. The predicted octanol–water partition coefficient (Wildman–Crippen LogP) is 5.45. The summed E-state index contributed by atoms with van der Waals surface area (Å²) < 4.78 is 1.84. The number of amides is 1. The van der Waals surface area contributed by atoms with Gasteiger partial charge in [0.15, 0.2) is 11.0 Å². The highest BCUT2D eigenvalue weighted by molar-refractivity contribution is 7.98. The summed E-state index contributed by atoms with van der Waals surface area (Å²) in [6, 6.07) is 10.7. The molecule has 3 rings (SSSR count). The monoisotopic (exact) mass is 493 g/mol. The molecule has 1 heterocycles. The maximum atomic E-state index is 12.8. The van der Waals surface area contributed by atoms with Gasteiger partial charge in [0, 0.05) is 30.0 Å². The number of rotatable bonds is 8. The zero-order valence-electron chi connectivity index (χ0n) is 17.6. The van der Waals surface area contributed by atoms with Crippen molar-refractivity contribution in [2.24, 2.45) is 13.0 Å². The van der Waals surface area contributed by atoms with Gasteiger partial charge in [0.05, 0.1) is 21.6 Å². The largest absolute Gasteiger partial charge is 0.342 e. The highest BCUT2D eigenvalue weighted by Gasteiger charge is 2.26. The Bertz CT molecular complexity index is 1130. The summed E-state index contributed by atoms with van der Waals surface area (Å²) in [4.78, 5) is 23.2. The maximum absolute atomic E-state index is 12.8. The van der Waals surface area contributed by atoms with E-state index >= 15 is 0 Å². The minimum absolute atomic E-state index is 0.0421. The molecule has 0 radical (unpaired) electrons. The fraction of sp³-hybridized carbons (Fsp3) is 0.286. The minimum Gasteiger partial charge on any atom is -0.342 e. The lowest BCUT2D eigenvalue weighted by atomic mass is 10.0. The van der Waals surface area contributed by atoms with Crippen LogP contribution < -0.4 is 5.32 Å². The number of thioether (sulfide) groups is 1. The number of benzene rings is 2. The fourth-order valence-electron chi connectivity index (χ4n) is 3.01. The molecule has 1 aromatic heterocycles. The van der Waals surface area contributed by atoms with Gasteiger partial charge < -0.3 is 9.88 Å². The molecule has 1 N–H and O–H groups in total. The van der Waals surface area contributed by atoms with E-state index in [1.165, 1.54) is 30.0 Å². The summed E-state index contributed by atoms with van der Waals surface area (Å²) in [5.74, 6) is 0.904. The van der Waals surface area contributed by atoms with Crippen LogP contribution in [0.25, 0.3) is 0 Å². The Labute approximate surface area is 199 Å². The van der Waals surface area contributed by atoms with Crippen LogP contribution in [0.3, 0.4) is 0 Å². The summed E-state index contributed by atoms with van der Waals surface area (Å²) in [7, 11) is 1.84.